The van der Waals surface area contributed by atoms with Gasteiger partial charge in [-0.3, -0.25) is 0 Å². The van der Waals surface area contributed by atoms with E-state index >= 15 is 0 Å². The van der Waals surface area contributed by atoms with Crippen LogP contribution in [-0.2, 0) is 6.54 Å². The molecule has 2 heterocycles. The van der Waals surface area contributed by atoms with Gasteiger partial charge in [-0.2, -0.15) is 0 Å². The first-order valence-electron chi connectivity index (χ1n) is 8.33. The summed E-state index contributed by atoms with van der Waals surface area (Å²) in [5.74, 6) is 1.72. The first-order valence-corrected chi connectivity index (χ1v) is 8.33. The van der Waals surface area contributed by atoms with Crippen LogP contribution in [0.4, 0.5) is 5.69 Å². The van der Waals surface area contributed by atoms with E-state index in [1.165, 1.54) is 5.56 Å². The molecular formula is C20H20N4O. The highest BCUT2D eigenvalue weighted by molar-refractivity contribution is 5.93. The van der Waals surface area contributed by atoms with Gasteiger partial charge in [0.05, 0.1) is 16.9 Å². The van der Waals surface area contributed by atoms with Crippen LogP contribution in [0.5, 0.6) is 0 Å². The Bertz CT molecular complexity index is 1010. The first-order chi connectivity index (χ1) is 12.1. The van der Waals surface area contributed by atoms with Crippen LogP contribution in [0.15, 0.2) is 47.0 Å². The van der Waals surface area contributed by atoms with Crippen molar-refractivity contribution >= 4 is 16.7 Å². The van der Waals surface area contributed by atoms with E-state index in [0.717, 1.165) is 51.7 Å². The summed E-state index contributed by atoms with van der Waals surface area (Å²) in [5, 5.41) is 7.60. The van der Waals surface area contributed by atoms with Gasteiger partial charge < -0.3 is 14.8 Å². The number of rotatable bonds is 4. The van der Waals surface area contributed by atoms with E-state index in [0.29, 0.717) is 0 Å². The van der Waals surface area contributed by atoms with E-state index in [1.54, 1.807) is 0 Å². The lowest BCUT2D eigenvalue weighted by Crippen LogP contribution is -2.00. The second-order valence-electron chi connectivity index (χ2n) is 6.28. The van der Waals surface area contributed by atoms with Crippen molar-refractivity contribution in [2.75, 3.05) is 5.32 Å². The van der Waals surface area contributed by atoms with Gasteiger partial charge in [-0.15, -0.1) is 0 Å². The standard InChI is InChI=1S/C20H20N4O/c1-12-19(13(2)25-24-12)16-9-17(20-18(10-16)22-14(3)23-20)21-11-15-7-5-4-6-8-15/h4-10,21H,11H2,1-3H3,(H,22,23). The minimum Gasteiger partial charge on any atom is -0.379 e. The summed E-state index contributed by atoms with van der Waals surface area (Å²) in [5.41, 5.74) is 7.18. The minimum atomic E-state index is 0.743. The number of hydrogen-bond acceptors (Lipinski definition) is 4. The predicted molar refractivity (Wildman–Crippen MR) is 99.6 cm³/mol. The zero-order valence-electron chi connectivity index (χ0n) is 14.6. The number of aromatic amines is 1. The van der Waals surface area contributed by atoms with Gasteiger partial charge in [0.2, 0.25) is 0 Å². The number of imidazole rings is 1. The van der Waals surface area contributed by atoms with Gasteiger partial charge in [0, 0.05) is 12.1 Å². The number of nitrogens with one attached hydrogen (secondary N) is 2. The molecule has 0 aliphatic carbocycles. The normalized spacial score (nSPS) is 11.2. The summed E-state index contributed by atoms with van der Waals surface area (Å²) >= 11 is 0. The van der Waals surface area contributed by atoms with E-state index in [-0.39, 0.29) is 0 Å². The van der Waals surface area contributed by atoms with Crippen LogP contribution in [-0.4, -0.2) is 15.1 Å². The third-order valence-electron chi connectivity index (χ3n) is 4.35. The molecule has 0 aliphatic rings. The average molecular weight is 332 g/mol. The zero-order valence-corrected chi connectivity index (χ0v) is 14.6. The van der Waals surface area contributed by atoms with Crippen LogP contribution in [0, 0.1) is 20.8 Å². The second kappa shape index (κ2) is 6.09. The Balaban J connectivity index is 1.79. The third kappa shape index (κ3) is 2.89. The van der Waals surface area contributed by atoms with Crippen molar-refractivity contribution in [3.63, 3.8) is 0 Å². The van der Waals surface area contributed by atoms with E-state index < -0.39 is 0 Å². The maximum absolute atomic E-state index is 5.34. The number of nitrogens with zero attached hydrogens (tertiary/aromatic N) is 2. The third-order valence-corrected chi connectivity index (χ3v) is 4.35. The van der Waals surface area contributed by atoms with Crippen LogP contribution >= 0.6 is 0 Å². The van der Waals surface area contributed by atoms with Crippen LogP contribution in [0.2, 0.25) is 0 Å². The lowest BCUT2D eigenvalue weighted by molar-refractivity contribution is 0.393. The summed E-state index contributed by atoms with van der Waals surface area (Å²) in [6, 6.07) is 14.6. The second-order valence-corrected chi connectivity index (χ2v) is 6.28. The van der Waals surface area contributed by atoms with Gasteiger partial charge in [0.1, 0.15) is 17.1 Å². The lowest BCUT2D eigenvalue weighted by atomic mass is 10.0. The molecule has 2 aromatic heterocycles. The van der Waals surface area contributed by atoms with Crippen LogP contribution < -0.4 is 5.32 Å². The van der Waals surface area contributed by atoms with Crippen molar-refractivity contribution in [3.8, 4) is 11.1 Å². The fraction of sp³-hybridized carbons (Fsp3) is 0.200. The fourth-order valence-electron chi connectivity index (χ4n) is 3.21. The fourth-order valence-corrected chi connectivity index (χ4v) is 3.21. The van der Waals surface area contributed by atoms with Crippen LogP contribution in [0.25, 0.3) is 22.2 Å². The van der Waals surface area contributed by atoms with Gasteiger partial charge in [-0.1, -0.05) is 35.5 Å². The molecule has 0 spiro atoms. The molecule has 2 aromatic carbocycles. The summed E-state index contributed by atoms with van der Waals surface area (Å²) in [6.45, 7) is 6.61. The Hall–Kier alpha value is -3.08. The zero-order chi connectivity index (χ0) is 17.4. The van der Waals surface area contributed by atoms with Crippen molar-refractivity contribution in [2.45, 2.75) is 27.3 Å². The Kier molecular flexibility index (Phi) is 3.76. The van der Waals surface area contributed by atoms with Gasteiger partial charge >= 0.3 is 0 Å². The molecule has 0 unspecified atom stereocenters. The Morgan fingerprint density at radius 1 is 1.08 bits per heavy atom. The molecule has 4 aromatic rings. The Morgan fingerprint density at radius 2 is 1.88 bits per heavy atom. The molecular weight excluding hydrogens is 312 g/mol. The first kappa shape index (κ1) is 15.4. The van der Waals surface area contributed by atoms with Crippen molar-refractivity contribution in [3.05, 3.63) is 65.3 Å². The Labute approximate surface area is 146 Å². The number of fused-ring (bicyclic) bond motifs is 1. The average Bonchev–Trinajstić information content (AvgIpc) is 3.14. The maximum atomic E-state index is 5.34. The van der Waals surface area contributed by atoms with Crippen LogP contribution in [0.3, 0.4) is 0 Å². The number of anilines is 1. The highest BCUT2D eigenvalue weighted by Gasteiger charge is 2.15. The van der Waals surface area contributed by atoms with Gasteiger partial charge in [0.15, 0.2) is 0 Å². The summed E-state index contributed by atoms with van der Waals surface area (Å²) < 4.78 is 5.34. The number of hydrogen-bond donors (Lipinski definition) is 2. The van der Waals surface area contributed by atoms with E-state index in [9.17, 15) is 0 Å². The number of aromatic nitrogens is 3. The van der Waals surface area contributed by atoms with Crippen molar-refractivity contribution in [1.82, 2.24) is 15.1 Å². The number of aryl methyl sites for hydroxylation is 3. The topological polar surface area (TPSA) is 66.7 Å². The molecule has 0 saturated heterocycles. The monoisotopic (exact) mass is 332 g/mol. The van der Waals surface area contributed by atoms with Crippen molar-refractivity contribution < 1.29 is 4.52 Å². The SMILES string of the molecule is Cc1nc2c(NCc3ccccc3)cc(-c3c(C)noc3C)cc2[nH]1. The molecule has 25 heavy (non-hydrogen) atoms. The molecule has 0 atom stereocenters. The maximum Gasteiger partial charge on any atom is 0.141 e. The van der Waals surface area contributed by atoms with Gasteiger partial charge in [-0.25, -0.2) is 4.98 Å². The quantitative estimate of drug-likeness (QED) is 0.566. The van der Waals surface area contributed by atoms with E-state index in [1.807, 2.05) is 39.0 Å². The highest BCUT2D eigenvalue weighted by atomic mass is 16.5. The van der Waals surface area contributed by atoms with E-state index in [4.69, 9.17) is 4.52 Å². The number of benzene rings is 2. The minimum absolute atomic E-state index is 0.743. The number of H-pyrrole nitrogens is 1. The van der Waals surface area contributed by atoms with Gasteiger partial charge in [-0.05, 0) is 44.0 Å². The lowest BCUT2D eigenvalue weighted by Gasteiger charge is -2.10. The summed E-state index contributed by atoms with van der Waals surface area (Å²) in [4.78, 5) is 7.97. The molecule has 0 saturated carbocycles. The molecule has 4 rings (SSSR count). The largest absolute Gasteiger partial charge is 0.379 e. The van der Waals surface area contributed by atoms with Crippen molar-refractivity contribution in [1.29, 1.82) is 0 Å². The molecule has 5 nitrogen and oxygen atoms in total. The Morgan fingerprint density at radius 3 is 2.60 bits per heavy atom. The molecule has 0 fully saturated rings. The molecule has 126 valence electrons. The summed E-state index contributed by atoms with van der Waals surface area (Å²) in [6.07, 6.45) is 0. The smallest absolute Gasteiger partial charge is 0.141 e. The van der Waals surface area contributed by atoms with Crippen LogP contribution in [0.1, 0.15) is 22.8 Å². The molecule has 2 N–H and O–H groups in total. The molecule has 0 amide bonds. The molecule has 0 bridgehead atoms. The molecule has 0 aliphatic heterocycles. The van der Waals surface area contributed by atoms with E-state index in [2.05, 4.69) is 44.7 Å². The summed E-state index contributed by atoms with van der Waals surface area (Å²) in [7, 11) is 0. The highest BCUT2D eigenvalue weighted by Crippen LogP contribution is 2.33. The molecule has 5 heteroatoms. The van der Waals surface area contributed by atoms with Gasteiger partial charge in [0.25, 0.3) is 0 Å². The molecule has 0 radical (unpaired) electrons. The predicted octanol–water partition coefficient (Wildman–Crippen LogP) is 4.76. The van der Waals surface area contributed by atoms with Crippen molar-refractivity contribution in [2.24, 2.45) is 0 Å².